The molecule has 0 spiro atoms. The highest BCUT2D eigenvalue weighted by molar-refractivity contribution is 7.40. The zero-order valence-corrected chi connectivity index (χ0v) is 22.0. The third-order valence-electron chi connectivity index (χ3n) is 6.02. The number of hydrogen-bond donors (Lipinski definition) is 2. The standard InChI is InChI=1S/C25H37N2O7P/c1-24(2,3)34-23(30)27-20(15-18-11-7-5-8-12-18)22(29)25(26,19-13-9-6-10-14-19)17-33-35(31)16-21(28)32-4/h5,7-8,11-12,19-20H,6,9-10,13-17,26H2,1-4H3/p+1/t20-,25?/m0/s1. The van der Waals surface area contributed by atoms with Crippen LogP contribution in [-0.4, -0.2) is 54.9 Å². The highest BCUT2D eigenvalue weighted by Crippen LogP contribution is 2.35. The zero-order valence-electron chi connectivity index (χ0n) is 21.1. The normalized spacial score (nSPS) is 17.6. The van der Waals surface area contributed by atoms with Crippen molar-refractivity contribution in [2.75, 3.05) is 19.9 Å². The molecule has 1 fully saturated rings. The van der Waals surface area contributed by atoms with Gasteiger partial charge in [-0.25, -0.2) is 9.59 Å². The summed E-state index contributed by atoms with van der Waals surface area (Å²) in [4.78, 5) is 38.1. The molecule has 2 rings (SSSR count). The van der Waals surface area contributed by atoms with Crippen LogP contribution in [0.4, 0.5) is 4.79 Å². The number of hydrogen-bond acceptors (Lipinski definition) is 8. The number of benzene rings is 1. The molecule has 1 aromatic rings. The van der Waals surface area contributed by atoms with E-state index in [9.17, 15) is 18.9 Å². The van der Waals surface area contributed by atoms with Gasteiger partial charge < -0.3 is 20.5 Å². The number of rotatable bonds is 11. The third-order valence-corrected chi connectivity index (χ3v) is 6.95. The third kappa shape index (κ3) is 9.32. The van der Waals surface area contributed by atoms with Gasteiger partial charge in [-0.15, -0.1) is 4.52 Å². The lowest BCUT2D eigenvalue weighted by molar-refractivity contribution is -0.137. The number of esters is 1. The van der Waals surface area contributed by atoms with Gasteiger partial charge in [0.2, 0.25) is 0 Å². The number of ether oxygens (including phenoxy) is 2. The smallest absolute Gasteiger partial charge is 0.466 e. The van der Waals surface area contributed by atoms with Crippen molar-refractivity contribution in [3.05, 3.63) is 35.9 Å². The summed E-state index contributed by atoms with van der Waals surface area (Å²) in [7, 11) is -1.21. The van der Waals surface area contributed by atoms with E-state index in [2.05, 4.69) is 10.1 Å². The van der Waals surface area contributed by atoms with E-state index in [-0.39, 0.29) is 18.9 Å². The molecule has 9 nitrogen and oxygen atoms in total. The van der Waals surface area contributed by atoms with Crippen molar-refractivity contribution in [1.82, 2.24) is 5.32 Å². The maximum Gasteiger partial charge on any atom is 0.520 e. The Labute approximate surface area is 208 Å². The second-order valence-electron chi connectivity index (χ2n) is 9.97. The highest BCUT2D eigenvalue weighted by Gasteiger charge is 2.48. The molecule has 1 aliphatic carbocycles. The van der Waals surface area contributed by atoms with Gasteiger partial charge in [0.25, 0.3) is 6.16 Å². The molecule has 0 heterocycles. The van der Waals surface area contributed by atoms with Crippen molar-refractivity contribution in [2.24, 2.45) is 11.7 Å². The summed E-state index contributed by atoms with van der Waals surface area (Å²) >= 11 is 0. The maximum atomic E-state index is 14.0. The van der Waals surface area contributed by atoms with E-state index in [0.29, 0.717) is 12.8 Å². The molecule has 1 aromatic carbocycles. The van der Waals surface area contributed by atoms with Crippen LogP contribution in [0.5, 0.6) is 0 Å². The van der Waals surface area contributed by atoms with E-state index >= 15 is 0 Å². The first-order valence-corrected chi connectivity index (χ1v) is 13.3. The predicted octanol–water partition coefficient (Wildman–Crippen LogP) is 3.90. The Bertz CT molecular complexity index is 882. The quantitative estimate of drug-likeness (QED) is 0.339. The summed E-state index contributed by atoms with van der Waals surface area (Å²) in [5.41, 5.74) is 5.36. The van der Waals surface area contributed by atoms with Crippen LogP contribution < -0.4 is 11.1 Å². The molecule has 0 aliphatic heterocycles. The first-order chi connectivity index (χ1) is 16.4. The topological polar surface area (TPSA) is 134 Å². The van der Waals surface area contributed by atoms with Crippen molar-refractivity contribution >= 4 is 25.9 Å². The Morgan fingerprint density at radius 3 is 2.31 bits per heavy atom. The molecule has 1 aliphatic rings. The van der Waals surface area contributed by atoms with E-state index < -0.39 is 49.2 Å². The Kier molecular flexibility index (Phi) is 10.8. The minimum Gasteiger partial charge on any atom is -0.466 e. The molecular formula is C25H38N2O7P+. The molecule has 0 saturated heterocycles. The number of carbonyl (C=O) groups excluding carboxylic acids is 3. The molecule has 10 heteroatoms. The van der Waals surface area contributed by atoms with E-state index in [1.165, 1.54) is 7.11 Å². The van der Waals surface area contributed by atoms with Gasteiger partial charge >= 0.3 is 20.1 Å². The number of ketones is 1. The minimum atomic E-state index is -2.41. The average Bonchev–Trinajstić information content (AvgIpc) is 2.81. The SMILES string of the molecule is COC(=O)C[P+](=O)OCC(N)(C(=O)[C@H](Cc1ccccc1)NC(=O)OC(C)(C)C)C1CCCCC1. The van der Waals surface area contributed by atoms with Crippen LogP contribution in [-0.2, 0) is 34.6 Å². The highest BCUT2D eigenvalue weighted by atomic mass is 31.1. The van der Waals surface area contributed by atoms with E-state index in [1.807, 2.05) is 30.3 Å². The number of nitrogens with two attached hydrogens (primary N) is 1. The fraction of sp³-hybridized carbons (Fsp3) is 0.640. The number of carbonyl (C=O) groups is 3. The molecule has 3 N–H and O–H groups in total. The molecular weight excluding hydrogens is 471 g/mol. The lowest BCUT2D eigenvalue weighted by atomic mass is 9.71. The van der Waals surface area contributed by atoms with Gasteiger partial charge in [-0.3, -0.25) is 4.79 Å². The largest absolute Gasteiger partial charge is 0.520 e. The molecule has 0 bridgehead atoms. The van der Waals surface area contributed by atoms with Crippen LogP contribution in [0.3, 0.4) is 0 Å². The van der Waals surface area contributed by atoms with Crippen molar-refractivity contribution in [3.8, 4) is 0 Å². The lowest BCUT2D eigenvalue weighted by Gasteiger charge is -2.39. The van der Waals surface area contributed by atoms with Crippen LogP contribution in [0.25, 0.3) is 0 Å². The van der Waals surface area contributed by atoms with E-state index in [4.69, 9.17) is 15.0 Å². The summed E-state index contributed by atoms with van der Waals surface area (Å²) in [5.74, 6) is -1.31. The summed E-state index contributed by atoms with van der Waals surface area (Å²) in [6.45, 7) is 4.88. The van der Waals surface area contributed by atoms with Crippen LogP contribution in [0.1, 0.15) is 58.4 Å². The monoisotopic (exact) mass is 509 g/mol. The number of nitrogens with one attached hydrogen (secondary N) is 1. The lowest BCUT2D eigenvalue weighted by Crippen LogP contribution is -2.64. The number of Topliss-reactive ketones (excluding diaryl/α,β-unsaturated/α-hetero) is 1. The predicted molar refractivity (Wildman–Crippen MR) is 132 cm³/mol. The second-order valence-corrected chi connectivity index (χ2v) is 11.2. The maximum absolute atomic E-state index is 14.0. The van der Waals surface area contributed by atoms with Gasteiger partial charge in [0.1, 0.15) is 17.7 Å². The van der Waals surface area contributed by atoms with Gasteiger partial charge in [0, 0.05) is 0 Å². The van der Waals surface area contributed by atoms with E-state index in [0.717, 1.165) is 24.8 Å². The second kappa shape index (κ2) is 13.1. The Balaban J connectivity index is 2.31. The Morgan fingerprint density at radius 2 is 1.74 bits per heavy atom. The van der Waals surface area contributed by atoms with Crippen LogP contribution >= 0.6 is 8.03 Å². The molecule has 3 atom stereocenters. The number of amides is 1. The van der Waals surface area contributed by atoms with Gasteiger partial charge in [0.05, 0.1) is 13.2 Å². The summed E-state index contributed by atoms with van der Waals surface area (Å²) in [6, 6.07) is 8.30. The molecule has 2 unspecified atom stereocenters. The fourth-order valence-corrected chi connectivity index (χ4v) is 5.02. The van der Waals surface area contributed by atoms with E-state index in [1.54, 1.807) is 20.8 Å². The average molecular weight is 510 g/mol. The first-order valence-electron chi connectivity index (χ1n) is 12.0. The molecule has 1 amide bonds. The Morgan fingerprint density at radius 1 is 1.11 bits per heavy atom. The van der Waals surface area contributed by atoms with Gasteiger partial charge in [-0.1, -0.05) is 49.6 Å². The van der Waals surface area contributed by atoms with Crippen LogP contribution in [0.15, 0.2) is 30.3 Å². The van der Waals surface area contributed by atoms with Crippen molar-refractivity contribution in [3.63, 3.8) is 0 Å². The Hall–Kier alpha value is -2.35. The van der Waals surface area contributed by atoms with Crippen LogP contribution in [0, 0.1) is 5.92 Å². The fourth-order valence-electron chi connectivity index (χ4n) is 4.24. The molecule has 0 radical (unpaired) electrons. The molecule has 0 aromatic heterocycles. The van der Waals surface area contributed by atoms with Gasteiger partial charge in [-0.2, -0.15) is 0 Å². The molecule has 1 saturated carbocycles. The van der Waals surface area contributed by atoms with Crippen LogP contribution in [0.2, 0.25) is 0 Å². The number of methoxy groups -OCH3 is 1. The summed E-state index contributed by atoms with van der Waals surface area (Å²) in [5, 5.41) is 2.70. The van der Waals surface area contributed by atoms with Crippen molar-refractivity contribution in [2.45, 2.75) is 76.5 Å². The first kappa shape index (κ1) is 28.9. The summed E-state index contributed by atoms with van der Waals surface area (Å²) in [6.07, 6.45) is 3.34. The van der Waals surface area contributed by atoms with Crippen molar-refractivity contribution in [1.29, 1.82) is 0 Å². The zero-order chi connectivity index (χ0) is 26.1. The summed E-state index contributed by atoms with van der Waals surface area (Å²) < 4.78 is 27.7. The van der Waals surface area contributed by atoms with Gasteiger partial charge in [0.15, 0.2) is 5.78 Å². The number of alkyl carbamates (subject to hydrolysis) is 1. The van der Waals surface area contributed by atoms with Crippen molar-refractivity contribution < 1.29 is 32.9 Å². The molecule has 35 heavy (non-hydrogen) atoms. The van der Waals surface area contributed by atoms with Gasteiger partial charge in [-0.05, 0) is 56.1 Å². The minimum absolute atomic E-state index is 0.207. The molecule has 194 valence electrons.